The molecule has 1 N–H and O–H groups in total. The second-order valence-electron chi connectivity index (χ2n) is 9.51. The molecule has 1 atom stereocenters. The van der Waals surface area contributed by atoms with E-state index in [4.69, 9.17) is 0 Å². The molecule has 4 aromatic rings. The molecule has 0 radical (unpaired) electrons. The minimum absolute atomic E-state index is 0.216. The van der Waals surface area contributed by atoms with Crippen LogP contribution in [0.5, 0.6) is 0 Å². The maximum Gasteiger partial charge on any atom is 0.295 e. The third kappa shape index (κ3) is 4.56. The minimum Gasteiger partial charge on any atom is -0.354 e. The summed E-state index contributed by atoms with van der Waals surface area (Å²) in [5.41, 5.74) is 5.20. The number of hydrogen-bond acceptors (Lipinski definition) is 5. The summed E-state index contributed by atoms with van der Waals surface area (Å²) < 4.78 is 3.02. The highest BCUT2D eigenvalue weighted by Gasteiger charge is 2.23. The number of rotatable bonds is 7. The smallest absolute Gasteiger partial charge is 0.295 e. The number of amides is 1. The largest absolute Gasteiger partial charge is 0.354 e. The standard InChI is InChI=1S/C28H32N6O2/c1-19-25-20(2)33(24-12-5-4-6-13-24)31-26(25)28(36)34(30-19)21(3)27(35)29-15-9-16-32-17-14-22-10-7-8-11-23(22)18-32/h4-8,10-13,21H,9,14-18H2,1-3H3,(H,29,35). The molecule has 0 saturated heterocycles. The third-order valence-corrected chi connectivity index (χ3v) is 7.05. The molecule has 0 bridgehead atoms. The molecule has 1 unspecified atom stereocenters. The monoisotopic (exact) mass is 484 g/mol. The SMILES string of the molecule is Cc1nn(C(C)C(=O)NCCCN2CCc3ccccc3C2)c(=O)c2nn(-c3ccccc3)c(C)c12. The summed E-state index contributed by atoms with van der Waals surface area (Å²) in [5, 5.41) is 12.8. The van der Waals surface area contributed by atoms with Crippen molar-refractivity contribution in [3.8, 4) is 5.69 Å². The molecule has 5 rings (SSSR count). The van der Waals surface area contributed by atoms with E-state index in [-0.39, 0.29) is 11.5 Å². The first-order valence-corrected chi connectivity index (χ1v) is 12.5. The Hall–Kier alpha value is -3.78. The van der Waals surface area contributed by atoms with Gasteiger partial charge >= 0.3 is 0 Å². The molecule has 8 nitrogen and oxygen atoms in total. The zero-order valence-corrected chi connectivity index (χ0v) is 21.1. The normalized spacial score (nSPS) is 14.5. The molecule has 8 heteroatoms. The molecule has 1 amide bonds. The molecular weight excluding hydrogens is 452 g/mol. The molecule has 36 heavy (non-hydrogen) atoms. The molecule has 3 heterocycles. The van der Waals surface area contributed by atoms with Gasteiger partial charge in [0.2, 0.25) is 5.91 Å². The zero-order valence-electron chi connectivity index (χ0n) is 21.1. The van der Waals surface area contributed by atoms with Gasteiger partial charge < -0.3 is 5.32 Å². The Morgan fingerprint density at radius 3 is 2.53 bits per heavy atom. The van der Waals surface area contributed by atoms with Gasteiger partial charge in [0.15, 0.2) is 5.52 Å². The van der Waals surface area contributed by atoms with E-state index in [1.165, 1.54) is 15.8 Å². The van der Waals surface area contributed by atoms with Crippen LogP contribution in [-0.4, -0.2) is 50.0 Å². The van der Waals surface area contributed by atoms with Crippen molar-refractivity contribution in [1.29, 1.82) is 0 Å². The van der Waals surface area contributed by atoms with Gasteiger partial charge in [-0.1, -0.05) is 42.5 Å². The molecule has 186 valence electrons. The number of aryl methyl sites for hydroxylation is 2. The Balaban J connectivity index is 1.25. The first-order chi connectivity index (χ1) is 17.4. The molecule has 0 saturated carbocycles. The summed E-state index contributed by atoms with van der Waals surface area (Å²) in [6, 6.07) is 17.5. The molecular formula is C28H32N6O2. The fraction of sp³-hybridized carbons (Fsp3) is 0.357. The molecule has 0 fully saturated rings. The van der Waals surface area contributed by atoms with Crippen LogP contribution in [-0.2, 0) is 17.8 Å². The number of aromatic nitrogens is 4. The van der Waals surface area contributed by atoms with E-state index in [1.807, 2.05) is 44.2 Å². The maximum atomic E-state index is 13.3. The quantitative estimate of drug-likeness (QED) is 0.407. The number of benzene rings is 2. The van der Waals surface area contributed by atoms with Crippen LogP contribution in [0.25, 0.3) is 16.6 Å². The summed E-state index contributed by atoms with van der Waals surface area (Å²) >= 11 is 0. The number of nitrogens with zero attached hydrogens (tertiary/aromatic N) is 5. The van der Waals surface area contributed by atoms with E-state index in [2.05, 4.69) is 44.7 Å². The van der Waals surface area contributed by atoms with E-state index in [1.54, 1.807) is 11.6 Å². The van der Waals surface area contributed by atoms with Crippen molar-refractivity contribution in [1.82, 2.24) is 29.8 Å². The lowest BCUT2D eigenvalue weighted by atomic mass is 10.00. The van der Waals surface area contributed by atoms with E-state index < -0.39 is 6.04 Å². The molecule has 1 aliphatic rings. The molecule has 0 spiro atoms. The highest BCUT2D eigenvalue weighted by molar-refractivity contribution is 5.84. The van der Waals surface area contributed by atoms with Crippen molar-refractivity contribution in [2.24, 2.45) is 0 Å². The summed E-state index contributed by atoms with van der Waals surface area (Å²) in [4.78, 5) is 28.6. The van der Waals surface area contributed by atoms with E-state index in [0.29, 0.717) is 17.8 Å². The first-order valence-electron chi connectivity index (χ1n) is 12.5. The first kappa shape index (κ1) is 23.9. The van der Waals surface area contributed by atoms with Gasteiger partial charge in [0.1, 0.15) is 6.04 Å². The minimum atomic E-state index is -0.732. The second kappa shape index (κ2) is 10.1. The van der Waals surface area contributed by atoms with Crippen molar-refractivity contribution in [2.45, 2.75) is 46.2 Å². The number of fused-ring (bicyclic) bond motifs is 2. The molecule has 1 aliphatic heterocycles. The lowest BCUT2D eigenvalue weighted by molar-refractivity contribution is -0.124. The Labute approximate surface area is 210 Å². The summed E-state index contributed by atoms with van der Waals surface area (Å²) in [6.07, 6.45) is 1.91. The van der Waals surface area contributed by atoms with Crippen molar-refractivity contribution in [3.63, 3.8) is 0 Å². The van der Waals surface area contributed by atoms with Crippen molar-refractivity contribution >= 4 is 16.8 Å². The highest BCUT2D eigenvalue weighted by atomic mass is 16.2. The van der Waals surface area contributed by atoms with Crippen LogP contribution in [0.4, 0.5) is 0 Å². The molecule has 2 aromatic heterocycles. The van der Waals surface area contributed by atoms with E-state index in [9.17, 15) is 9.59 Å². The average Bonchev–Trinajstić information content (AvgIpc) is 3.26. The number of carbonyl (C=O) groups excluding carboxylic acids is 1. The van der Waals surface area contributed by atoms with Gasteiger partial charge in [0, 0.05) is 26.2 Å². The Bertz CT molecular complexity index is 1460. The Morgan fingerprint density at radius 1 is 1.03 bits per heavy atom. The van der Waals surface area contributed by atoms with Crippen LogP contribution in [0.1, 0.15) is 41.9 Å². The number of hydrogen-bond donors (Lipinski definition) is 1. The average molecular weight is 485 g/mol. The van der Waals surface area contributed by atoms with Gasteiger partial charge in [-0.25, -0.2) is 9.36 Å². The summed E-state index contributed by atoms with van der Waals surface area (Å²) in [7, 11) is 0. The van der Waals surface area contributed by atoms with Gasteiger partial charge in [0.05, 0.1) is 22.5 Å². The van der Waals surface area contributed by atoms with Crippen molar-refractivity contribution < 1.29 is 4.79 Å². The fourth-order valence-electron chi connectivity index (χ4n) is 5.05. The second-order valence-corrected chi connectivity index (χ2v) is 9.51. The van der Waals surface area contributed by atoms with Crippen LogP contribution in [0.2, 0.25) is 0 Å². The number of para-hydroxylation sites is 1. The van der Waals surface area contributed by atoms with Gasteiger partial charge in [0.25, 0.3) is 5.56 Å². The maximum absolute atomic E-state index is 13.3. The van der Waals surface area contributed by atoms with Crippen molar-refractivity contribution in [2.75, 3.05) is 19.6 Å². The van der Waals surface area contributed by atoms with Crippen LogP contribution in [0.15, 0.2) is 59.4 Å². The van der Waals surface area contributed by atoms with Crippen LogP contribution in [0.3, 0.4) is 0 Å². The van der Waals surface area contributed by atoms with Gasteiger partial charge in [-0.2, -0.15) is 10.2 Å². The zero-order chi connectivity index (χ0) is 25.2. The van der Waals surface area contributed by atoms with Crippen LogP contribution in [0, 0.1) is 13.8 Å². The highest BCUT2D eigenvalue weighted by Crippen LogP contribution is 2.22. The van der Waals surface area contributed by atoms with Crippen molar-refractivity contribution in [3.05, 3.63) is 87.5 Å². The fourth-order valence-corrected chi connectivity index (χ4v) is 5.05. The predicted molar refractivity (Wildman–Crippen MR) is 140 cm³/mol. The van der Waals surface area contributed by atoms with Crippen LogP contribution >= 0.6 is 0 Å². The molecule has 2 aromatic carbocycles. The Morgan fingerprint density at radius 2 is 1.75 bits per heavy atom. The Kier molecular flexibility index (Phi) is 6.69. The topological polar surface area (TPSA) is 85.1 Å². The number of nitrogens with one attached hydrogen (secondary N) is 1. The van der Waals surface area contributed by atoms with E-state index in [0.717, 1.165) is 49.2 Å². The summed E-state index contributed by atoms with van der Waals surface area (Å²) in [6.45, 7) is 8.95. The summed E-state index contributed by atoms with van der Waals surface area (Å²) in [5.74, 6) is -0.216. The molecule has 0 aliphatic carbocycles. The van der Waals surface area contributed by atoms with Gasteiger partial charge in [-0.05, 0) is 56.9 Å². The predicted octanol–water partition coefficient (Wildman–Crippen LogP) is 3.32. The lowest BCUT2D eigenvalue weighted by Gasteiger charge is -2.28. The number of carbonyl (C=O) groups is 1. The van der Waals surface area contributed by atoms with E-state index >= 15 is 0 Å². The third-order valence-electron chi connectivity index (χ3n) is 7.05. The lowest BCUT2D eigenvalue weighted by Crippen LogP contribution is -2.39. The van der Waals surface area contributed by atoms with Gasteiger partial charge in [-0.3, -0.25) is 14.5 Å². The van der Waals surface area contributed by atoms with Gasteiger partial charge in [-0.15, -0.1) is 0 Å². The van der Waals surface area contributed by atoms with Crippen LogP contribution < -0.4 is 10.9 Å².